The molecule has 7 heteroatoms. The van der Waals surface area contributed by atoms with Crippen molar-refractivity contribution in [3.8, 4) is 0 Å². The number of fused-ring (bicyclic) bond motifs is 1. The highest BCUT2D eigenvalue weighted by Crippen LogP contribution is 2.28. The van der Waals surface area contributed by atoms with E-state index in [0.29, 0.717) is 17.2 Å². The average Bonchev–Trinajstić information content (AvgIpc) is 3.23. The lowest BCUT2D eigenvalue weighted by atomic mass is 10.0. The van der Waals surface area contributed by atoms with E-state index in [4.69, 9.17) is 0 Å². The standard InChI is InChI=1S/C25H28N4O3/c1-16(2)14-17(3)28(21-8-9-22-19(15-21)12-13-26-22)25(32)18-4-6-20(7-5-18)29-24(31)11-10-23(30)27-29/h4-9,12-13,15-17,26H,10-11,14H2,1-3H3,(H,27,30). The minimum absolute atomic E-state index is 0.00142. The van der Waals surface area contributed by atoms with Crippen molar-refractivity contribution in [2.24, 2.45) is 5.92 Å². The molecular formula is C25H28N4O3. The minimum Gasteiger partial charge on any atom is -0.361 e. The number of rotatable bonds is 6. The van der Waals surface area contributed by atoms with Crippen LogP contribution in [0.3, 0.4) is 0 Å². The molecule has 0 saturated carbocycles. The van der Waals surface area contributed by atoms with Crippen molar-refractivity contribution in [3.05, 3.63) is 60.3 Å². The third kappa shape index (κ3) is 4.37. The smallest absolute Gasteiger partial charge is 0.258 e. The van der Waals surface area contributed by atoms with Gasteiger partial charge in [-0.25, -0.2) is 5.01 Å². The van der Waals surface area contributed by atoms with Crippen LogP contribution in [-0.2, 0) is 9.59 Å². The number of carbonyl (C=O) groups is 3. The SMILES string of the molecule is CC(C)CC(C)N(C(=O)c1ccc(N2NC(=O)CCC2=O)cc1)c1ccc2[nH]ccc2c1. The summed E-state index contributed by atoms with van der Waals surface area (Å²) in [6.45, 7) is 6.36. The Balaban J connectivity index is 1.64. The summed E-state index contributed by atoms with van der Waals surface area (Å²) >= 11 is 0. The van der Waals surface area contributed by atoms with Crippen molar-refractivity contribution >= 4 is 40.0 Å². The largest absolute Gasteiger partial charge is 0.361 e. The maximum absolute atomic E-state index is 13.6. The van der Waals surface area contributed by atoms with Gasteiger partial charge < -0.3 is 9.88 Å². The molecule has 3 amide bonds. The number of nitrogens with one attached hydrogen (secondary N) is 2. The molecule has 1 saturated heterocycles. The van der Waals surface area contributed by atoms with Crippen LogP contribution in [0.15, 0.2) is 54.7 Å². The molecule has 0 aliphatic carbocycles. The maximum Gasteiger partial charge on any atom is 0.258 e. The molecule has 3 aromatic rings. The zero-order chi connectivity index (χ0) is 22.8. The molecule has 0 radical (unpaired) electrons. The molecule has 1 unspecified atom stereocenters. The van der Waals surface area contributed by atoms with Crippen LogP contribution < -0.4 is 15.3 Å². The van der Waals surface area contributed by atoms with Gasteiger partial charge in [0.15, 0.2) is 0 Å². The summed E-state index contributed by atoms with van der Waals surface area (Å²) in [5.74, 6) is -0.0322. The molecule has 166 valence electrons. The number of benzene rings is 2. The number of aromatic amines is 1. The second-order valence-electron chi connectivity index (χ2n) is 8.71. The van der Waals surface area contributed by atoms with Gasteiger partial charge in [-0.1, -0.05) is 13.8 Å². The Morgan fingerprint density at radius 2 is 1.78 bits per heavy atom. The van der Waals surface area contributed by atoms with E-state index >= 15 is 0 Å². The molecule has 0 spiro atoms. The van der Waals surface area contributed by atoms with E-state index in [9.17, 15) is 14.4 Å². The molecule has 1 aromatic heterocycles. The highest BCUT2D eigenvalue weighted by atomic mass is 16.2. The lowest BCUT2D eigenvalue weighted by Crippen LogP contribution is -2.50. The molecule has 2 N–H and O–H groups in total. The van der Waals surface area contributed by atoms with Gasteiger partial charge in [0.25, 0.3) is 5.91 Å². The highest BCUT2D eigenvalue weighted by molar-refractivity contribution is 6.08. The van der Waals surface area contributed by atoms with Crippen LogP contribution in [0.2, 0.25) is 0 Å². The topological polar surface area (TPSA) is 85.5 Å². The second kappa shape index (κ2) is 8.86. The summed E-state index contributed by atoms with van der Waals surface area (Å²) < 4.78 is 0. The Labute approximate surface area is 187 Å². The Kier molecular flexibility index (Phi) is 5.99. The first kappa shape index (κ1) is 21.6. The summed E-state index contributed by atoms with van der Waals surface area (Å²) in [4.78, 5) is 42.5. The zero-order valence-electron chi connectivity index (χ0n) is 18.6. The summed E-state index contributed by atoms with van der Waals surface area (Å²) in [7, 11) is 0. The van der Waals surface area contributed by atoms with Gasteiger partial charge >= 0.3 is 0 Å². The predicted octanol–water partition coefficient (Wildman–Crippen LogP) is 4.41. The molecule has 32 heavy (non-hydrogen) atoms. The van der Waals surface area contributed by atoms with Crippen molar-refractivity contribution in [2.75, 3.05) is 9.91 Å². The molecule has 4 rings (SSSR count). The summed E-state index contributed by atoms with van der Waals surface area (Å²) in [5, 5.41) is 2.30. The van der Waals surface area contributed by atoms with Gasteiger partial charge in [0.1, 0.15) is 0 Å². The van der Waals surface area contributed by atoms with Crippen molar-refractivity contribution in [1.29, 1.82) is 0 Å². The number of hydrogen-bond donors (Lipinski definition) is 2. The van der Waals surface area contributed by atoms with Gasteiger partial charge in [-0.05, 0) is 67.8 Å². The van der Waals surface area contributed by atoms with Gasteiger partial charge in [-0.2, -0.15) is 0 Å². The molecular weight excluding hydrogens is 404 g/mol. The first-order valence-electron chi connectivity index (χ1n) is 11.0. The Hall–Kier alpha value is -3.61. The van der Waals surface area contributed by atoms with E-state index in [1.54, 1.807) is 24.3 Å². The van der Waals surface area contributed by atoms with Crippen molar-refractivity contribution in [2.45, 2.75) is 46.1 Å². The van der Waals surface area contributed by atoms with Crippen molar-refractivity contribution in [3.63, 3.8) is 0 Å². The van der Waals surface area contributed by atoms with Crippen LogP contribution in [0.25, 0.3) is 10.9 Å². The fourth-order valence-electron chi connectivity index (χ4n) is 4.23. The predicted molar refractivity (Wildman–Crippen MR) is 125 cm³/mol. The summed E-state index contributed by atoms with van der Waals surface area (Å²) in [6, 6.07) is 14.8. The Morgan fingerprint density at radius 1 is 1.03 bits per heavy atom. The van der Waals surface area contributed by atoms with E-state index in [-0.39, 0.29) is 36.6 Å². The number of hydrogen-bond acceptors (Lipinski definition) is 3. The second-order valence-corrected chi connectivity index (χ2v) is 8.71. The van der Waals surface area contributed by atoms with E-state index in [0.717, 1.165) is 23.0 Å². The molecule has 0 bridgehead atoms. The molecule has 1 aliphatic rings. The minimum atomic E-state index is -0.196. The number of nitrogens with zero attached hydrogens (tertiary/aromatic N) is 2. The number of carbonyl (C=O) groups excluding carboxylic acids is 3. The number of aromatic nitrogens is 1. The molecule has 2 heterocycles. The van der Waals surface area contributed by atoms with Crippen LogP contribution in [0.5, 0.6) is 0 Å². The van der Waals surface area contributed by atoms with E-state index < -0.39 is 0 Å². The monoisotopic (exact) mass is 432 g/mol. The Morgan fingerprint density at radius 3 is 2.50 bits per heavy atom. The first-order chi connectivity index (χ1) is 15.3. The third-order valence-electron chi connectivity index (χ3n) is 5.71. The van der Waals surface area contributed by atoms with Gasteiger partial charge in [0.2, 0.25) is 11.8 Å². The fourth-order valence-corrected chi connectivity index (χ4v) is 4.23. The quantitative estimate of drug-likeness (QED) is 0.605. The lowest BCUT2D eigenvalue weighted by molar-refractivity contribution is -0.130. The van der Waals surface area contributed by atoms with Gasteiger partial charge in [-0.15, -0.1) is 0 Å². The van der Waals surface area contributed by atoms with Gasteiger partial charge in [0, 0.05) is 47.2 Å². The third-order valence-corrected chi connectivity index (χ3v) is 5.71. The van der Waals surface area contributed by atoms with Crippen LogP contribution in [-0.4, -0.2) is 28.7 Å². The van der Waals surface area contributed by atoms with E-state index in [2.05, 4.69) is 31.2 Å². The molecule has 1 fully saturated rings. The number of hydrazine groups is 1. The first-order valence-corrected chi connectivity index (χ1v) is 11.0. The van der Waals surface area contributed by atoms with E-state index in [1.165, 1.54) is 5.01 Å². The number of anilines is 2. The summed E-state index contributed by atoms with van der Waals surface area (Å²) in [6.07, 6.45) is 3.12. The summed E-state index contributed by atoms with van der Waals surface area (Å²) in [5.41, 5.74) is 5.51. The van der Waals surface area contributed by atoms with Gasteiger partial charge in [0.05, 0.1) is 5.69 Å². The fraction of sp³-hybridized carbons (Fsp3) is 0.320. The van der Waals surface area contributed by atoms with Crippen LogP contribution in [0, 0.1) is 5.92 Å². The molecule has 1 aliphatic heterocycles. The van der Waals surface area contributed by atoms with Crippen molar-refractivity contribution in [1.82, 2.24) is 10.4 Å². The van der Waals surface area contributed by atoms with Crippen LogP contribution >= 0.6 is 0 Å². The zero-order valence-corrected chi connectivity index (χ0v) is 18.6. The maximum atomic E-state index is 13.6. The van der Waals surface area contributed by atoms with E-state index in [1.807, 2.05) is 35.4 Å². The van der Waals surface area contributed by atoms with Crippen LogP contribution in [0.1, 0.15) is 50.4 Å². The lowest BCUT2D eigenvalue weighted by Gasteiger charge is -2.31. The highest BCUT2D eigenvalue weighted by Gasteiger charge is 2.27. The van der Waals surface area contributed by atoms with Crippen molar-refractivity contribution < 1.29 is 14.4 Å². The molecule has 7 nitrogen and oxygen atoms in total. The van der Waals surface area contributed by atoms with Crippen LogP contribution in [0.4, 0.5) is 11.4 Å². The normalized spacial score (nSPS) is 15.2. The molecule has 2 aromatic carbocycles. The van der Waals surface area contributed by atoms with Gasteiger partial charge in [-0.3, -0.25) is 19.8 Å². The number of H-pyrrole nitrogens is 1. The number of amides is 3. The average molecular weight is 433 g/mol. The Bertz CT molecular complexity index is 1150. The molecule has 1 atom stereocenters.